The number of fused-ring (bicyclic) bond motifs is 3. The van der Waals surface area contributed by atoms with Crippen molar-refractivity contribution in [2.24, 2.45) is 11.7 Å². The molecule has 0 amide bonds. The summed E-state index contributed by atoms with van der Waals surface area (Å²) < 4.78 is 2.50. The number of para-hydroxylation sites is 1. The number of pyridine rings is 1. The molecule has 1 fully saturated rings. The quantitative estimate of drug-likeness (QED) is 0.631. The number of rotatable bonds is 6. The van der Waals surface area contributed by atoms with Gasteiger partial charge < -0.3 is 10.6 Å². The number of anilines is 1. The molecule has 0 spiro atoms. The Labute approximate surface area is 180 Å². The molecule has 0 saturated heterocycles. The van der Waals surface area contributed by atoms with E-state index in [-0.39, 0.29) is 0 Å². The van der Waals surface area contributed by atoms with Crippen LogP contribution < -0.4 is 10.6 Å². The molecule has 3 aromatic rings. The fourth-order valence-electron chi connectivity index (χ4n) is 5.35. The molecule has 0 unspecified atom stereocenters. The molecule has 1 aromatic carbocycles. The van der Waals surface area contributed by atoms with Crippen molar-refractivity contribution in [2.75, 3.05) is 24.5 Å². The van der Waals surface area contributed by atoms with Crippen LogP contribution in [0.3, 0.4) is 0 Å². The summed E-state index contributed by atoms with van der Waals surface area (Å²) in [5, 5.41) is 1.38. The van der Waals surface area contributed by atoms with E-state index in [9.17, 15) is 0 Å². The van der Waals surface area contributed by atoms with Crippen molar-refractivity contribution in [3.8, 4) is 5.69 Å². The van der Waals surface area contributed by atoms with Gasteiger partial charge in [0.25, 0.3) is 0 Å². The number of aryl methyl sites for hydroxylation is 4. The summed E-state index contributed by atoms with van der Waals surface area (Å²) in [4.78, 5) is 7.70. The first kappa shape index (κ1) is 19.6. The van der Waals surface area contributed by atoms with Crippen molar-refractivity contribution in [3.05, 3.63) is 52.3 Å². The van der Waals surface area contributed by atoms with Crippen LogP contribution in [0.5, 0.6) is 0 Å². The second kappa shape index (κ2) is 7.73. The van der Waals surface area contributed by atoms with Crippen molar-refractivity contribution >= 4 is 16.7 Å². The van der Waals surface area contributed by atoms with Gasteiger partial charge in [0.2, 0.25) is 0 Å². The van der Waals surface area contributed by atoms with Gasteiger partial charge in [-0.15, -0.1) is 0 Å². The van der Waals surface area contributed by atoms with E-state index in [0.29, 0.717) is 6.54 Å². The van der Waals surface area contributed by atoms with Crippen molar-refractivity contribution in [1.82, 2.24) is 9.55 Å². The van der Waals surface area contributed by atoms with E-state index in [2.05, 4.69) is 54.5 Å². The molecule has 2 aromatic heterocycles. The van der Waals surface area contributed by atoms with E-state index in [1.54, 1.807) is 0 Å². The lowest BCUT2D eigenvalue weighted by atomic mass is 9.95. The van der Waals surface area contributed by atoms with Crippen LogP contribution in [-0.2, 0) is 12.8 Å². The molecular formula is C26H34N4. The number of nitrogens with two attached hydrogens (primary N) is 1. The molecule has 2 aliphatic carbocycles. The van der Waals surface area contributed by atoms with Gasteiger partial charge in [0.15, 0.2) is 0 Å². The maximum Gasteiger partial charge on any atom is 0.147 e. The zero-order valence-electron chi connectivity index (χ0n) is 18.7. The maximum absolute atomic E-state index is 6.06. The predicted molar refractivity (Wildman–Crippen MR) is 126 cm³/mol. The molecule has 158 valence electrons. The fourth-order valence-corrected chi connectivity index (χ4v) is 5.35. The Bertz CT molecular complexity index is 1070. The van der Waals surface area contributed by atoms with Gasteiger partial charge in [-0.1, -0.05) is 18.2 Å². The minimum Gasteiger partial charge on any atom is -0.369 e. The van der Waals surface area contributed by atoms with Crippen molar-refractivity contribution in [2.45, 2.75) is 59.3 Å². The van der Waals surface area contributed by atoms with Crippen LogP contribution in [0.2, 0.25) is 0 Å². The molecule has 4 nitrogen and oxygen atoms in total. The van der Waals surface area contributed by atoms with Crippen LogP contribution in [0.4, 0.5) is 5.69 Å². The second-order valence-corrected chi connectivity index (χ2v) is 9.37. The van der Waals surface area contributed by atoms with Crippen LogP contribution in [0, 0.1) is 26.7 Å². The standard InChI is InChI=1S/C26H34N4/c1-17-7-6-8-18(2)25(17)30-22-10-5-4-9-21(22)24-23(15-19(3)28-26(24)30)29(14-13-27)16-20-11-12-20/h6-8,15,20H,4-5,9-14,16,27H2,1-3H3. The van der Waals surface area contributed by atoms with Crippen LogP contribution >= 0.6 is 0 Å². The van der Waals surface area contributed by atoms with Gasteiger partial charge in [-0.05, 0) is 88.0 Å². The normalized spacial score (nSPS) is 16.1. The van der Waals surface area contributed by atoms with Gasteiger partial charge in [0, 0.05) is 42.1 Å². The Balaban J connectivity index is 1.81. The SMILES string of the molecule is Cc1cc(N(CCN)CC2CC2)c2c3c(n(-c4c(C)cccc4C)c2n1)CCCC3. The zero-order chi connectivity index (χ0) is 20.8. The van der Waals surface area contributed by atoms with Gasteiger partial charge in [-0.2, -0.15) is 0 Å². The summed E-state index contributed by atoms with van der Waals surface area (Å²) in [6.45, 7) is 9.33. The molecule has 0 atom stereocenters. The summed E-state index contributed by atoms with van der Waals surface area (Å²) in [6, 6.07) is 8.93. The first-order valence-corrected chi connectivity index (χ1v) is 11.6. The highest BCUT2D eigenvalue weighted by Gasteiger charge is 2.29. The van der Waals surface area contributed by atoms with E-state index in [0.717, 1.165) is 43.2 Å². The minimum absolute atomic E-state index is 0.690. The summed E-state index contributed by atoms with van der Waals surface area (Å²) in [7, 11) is 0. The molecule has 2 heterocycles. The van der Waals surface area contributed by atoms with Crippen LogP contribution in [0.1, 0.15) is 53.8 Å². The Morgan fingerprint density at radius 1 is 1.10 bits per heavy atom. The highest BCUT2D eigenvalue weighted by Crippen LogP contribution is 2.41. The van der Waals surface area contributed by atoms with E-state index >= 15 is 0 Å². The zero-order valence-corrected chi connectivity index (χ0v) is 18.7. The van der Waals surface area contributed by atoms with Crippen LogP contribution in [0.15, 0.2) is 24.3 Å². The molecule has 5 rings (SSSR count). The first-order chi connectivity index (χ1) is 14.6. The molecule has 2 aliphatic rings. The Kier molecular flexibility index (Phi) is 5.06. The van der Waals surface area contributed by atoms with Crippen LogP contribution in [-0.4, -0.2) is 29.2 Å². The van der Waals surface area contributed by atoms with Gasteiger partial charge in [0.1, 0.15) is 5.65 Å². The van der Waals surface area contributed by atoms with E-state index < -0.39 is 0 Å². The third-order valence-corrected chi connectivity index (χ3v) is 6.91. The molecule has 1 saturated carbocycles. The Morgan fingerprint density at radius 2 is 1.83 bits per heavy atom. The third kappa shape index (κ3) is 3.31. The second-order valence-electron chi connectivity index (χ2n) is 9.37. The first-order valence-electron chi connectivity index (χ1n) is 11.6. The van der Waals surface area contributed by atoms with Crippen LogP contribution in [0.25, 0.3) is 16.7 Å². The molecular weight excluding hydrogens is 368 g/mol. The van der Waals surface area contributed by atoms with E-state index in [1.165, 1.54) is 64.8 Å². The predicted octanol–water partition coefficient (Wildman–Crippen LogP) is 5.00. The average Bonchev–Trinajstić information content (AvgIpc) is 3.49. The molecule has 0 radical (unpaired) electrons. The topological polar surface area (TPSA) is 47.1 Å². The van der Waals surface area contributed by atoms with Crippen molar-refractivity contribution in [3.63, 3.8) is 0 Å². The monoisotopic (exact) mass is 402 g/mol. The highest BCUT2D eigenvalue weighted by atomic mass is 15.2. The molecule has 0 bridgehead atoms. The number of nitrogens with zero attached hydrogens (tertiary/aromatic N) is 3. The average molecular weight is 403 g/mol. The summed E-state index contributed by atoms with van der Waals surface area (Å²) in [5.74, 6) is 0.830. The minimum atomic E-state index is 0.690. The molecule has 2 N–H and O–H groups in total. The van der Waals surface area contributed by atoms with Crippen molar-refractivity contribution in [1.29, 1.82) is 0 Å². The number of aromatic nitrogens is 2. The lowest BCUT2D eigenvalue weighted by Gasteiger charge is -2.26. The lowest BCUT2D eigenvalue weighted by Crippen LogP contribution is -2.31. The lowest BCUT2D eigenvalue weighted by molar-refractivity contribution is 0.665. The summed E-state index contributed by atoms with van der Waals surface area (Å²) in [6.07, 6.45) is 7.54. The third-order valence-electron chi connectivity index (χ3n) is 6.91. The smallest absolute Gasteiger partial charge is 0.147 e. The number of hydrogen-bond donors (Lipinski definition) is 1. The van der Waals surface area contributed by atoms with Gasteiger partial charge in [-0.25, -0.2) is 4.98 Å². The maximum atomic E-state index is 6.06. The summed E-state index contributed by atoms with van der Waals surface area (Å²) in [5.41, 5.74) is 16.6. The van der Waals surface area contributed by atoms with E-state index in [1.807, 2.05) is 0 Å². The molecule has 0 aliphatic heterocycles. The van der Waals surface area contributed by atoms with Gasteiger partial charge in [-0.3, -0.25) is 4.57 Å². The van der Waals surface area contributed by atoms with E-state index in [4.69, 9.17) is 10.7 Å². The number of hydrogen-bond acceptors (Lipinski definition) is 3. The Morgan fingerprint density at radius 3 is 2.53 bits per heavy atom. The largest absolute Gasteiger partial charge is 0.369 e. The Hall–Kier alpha value is -2.33. The molecule has 30 heavy (non-hydrogen) atoms. The van der Waals surface area contributed by atoms with Gasteiger partial charge in [0.05, 0.1) is 5.69 Å². The number of benzene rings is 1. The summed E-state index contributed by atoms with van der Waals surface area (Å²) >= 11 is 0. The fraction of sp³-hybridized carbons (Fsp3) is 0.500. The highest BCUT2D eigenvalue weighted by molar-refractivity contribution is 5.96. The molecule has 4 heteroatoms. The van der Waals surface area contributed by atoms with Gasteiger partial charge >= 0.3 is 0 Å². The van der Waals surface area contributed by atoms with Crippen molar-refractivity contribution < 1.29 is 0 Å².